The van der Waals surface area contributed by atoms with Crippen molar-refractivity contribution >= 4 is 33.5 Å². The lowest BCUT2D eigenvalue weighted by molar-refractivity contribution is 0.103. The van der Waals surface area contributed by atoms with Gasteiger partial charge in [-0.3, -0.25) is 4.79 Å². The molecule has 0 aromatic heterocycles. The van der Waals surface area contributed by atoms with Crippen LogP contribution in [-0.4, -0.2) is 5.78 Å². The molecule has 0 aliphatic heterocycles. The molecule has 114 valence electrons. The molecule has 0 amide bonds. The molecule has 0 bridgehead atoms. The van der Waals surface area contributed by atoms with Crippen LogP contribution in [0.15, 0.2) is 88.2 Å². The molecule has 3 rings (SSSR count). The second-order valence-electron chi connectivity index (χ2n) is 5.09. The largest absolute Gasteiger partial charge is 0.289 e. The van der Waals surface area contributed by atoms with E-state index >= 15 is 0 Å². The smallest absolute Gasteiger partial charge is 0.193 e. The van der Waals surface area contributed by atoms with Crippen LogP contribution in [0.4, 0.5) is 0 Å². The lowest BCUT2D eigenvalue weighted by Crippen LogP contribution is -2.04. The first-order valence-electron chi connectivity index (χ1n) is 7.30. The number of hydrogen-bond acceptors (Lipinski definition) is 2. The molecule has 0 unspecified atom stereocenters. The number of carbonyl (C=O) groups is 1. The van der Waals surface area contributed by atoms with Crippen molar-refractivity contribution in [3.63, 3.8) is 0 Å². The van der Waals surface area contributed by atoms with E-state index < -0.39 is 0 Å². The van der Waals surface area contributed by atoms with Gasteiger partial charge in [-0.2, -0.15) is 0 Å². The Morgan fingerprint density at radius 1 is 0.826 bits per heavy atom. The predicted molar refractivity (Wildman–Crippen MR) is 100 cm³/mol. The number of thioether (sulfide) groups is 1. The van der Waals surface area contributed by atoms with Gasteiger partial charge in [0.15, 0.2) is 5.78 Å². The molecule has 0 aliphatic carbocycles. The van der Waals surface area contributed by atoms with Crippen molar-refractivity contribution in [2.75, 3.05) is 0 Å². The van der Waals surface area contributed by atoms with E-state index in [0.29, 0.717) is 0 Å². The molecule has 0 saturated carbocycles. The van der Waals surface area contributed by atoms with Gasteiger partial charge in [0.2, 0.25) is 0 Å². The molecular weight excluding hydrogens is 368 g/mol. The average Bonchev–Trinajstić information content (AvgIpc) is 2.62. The molecule has 0 fully saturated rings. The fourth-order valence-corrected chi connectivity index (χ4v) is 3.47. The summed E-state index contributed by atoms with van der Waals surface area (Å²) >= 11 is 5.18. The van der Waals surface area contributed by atoms with E-state index in [1.54, 1.807) is 11.8 Å². The van der Waals surface area contributed by atoms with Crippen LogP contribution in [-0.2, 0) is 5.75 Å². The van der Waals surface area contributed by atoms with E-state index in [0.717, 1.165) is 26.9 Å². The standard InChI is InChI=1S/C20H15BrOS/c21-17-10-12-18(13-11-17)23-14-16-8-4-5-9-19(16)20(22)15-6-2-1-3-7-15/h1-13H,14H2. The first kappa shape index (κ1) is 16.0. The van der Waals surface area contributed by atoms with E-state index in [9.17, 15) is 4.79 Å². The second kappa shape index (κ2) is 7.62. The number of halogens is 1. The zero-order valence-corrected chi connectivity index (χ0v) is 14.8. The quantitative estimate of drug-likeness (QED) is 0.399. The Morgan fingerprint density at radius 3 is 2.22 bits per heavy atom. The Bertz CT molecular complexity index is 797. The number of hydrogen-bond donors (Lipinski definition) is 0. The maximum Gasteiger partial charge on any atom is 0.193 e. The van der Waals surface area contributed by atoms with Gasteiger partial charge in [-0.05, 0) is 29.8 Å². The maximum atomic E-state index is 12.7. The second-order valence-corrected chi connectivity index (χ2v) is 7.06. The summed E-state index contributed by atoms with van der Waals surface area (Å²) in [6.07, 6.45) is 0. The predicted octanol–water partition coefficient (Wildman–Crippen LogP) is 5.97. The number of carbonyl (C=O) groups excluding carboxylic acids is 1. The molecule has 0 spiro atoms. The lowest BCUT2D eigenvalue weighted by atomic mass is 9.99. The van der Waals surface area contributed by atoms with Gasteiger partial charge >= 0.3 is 0 Å². The molecule has 0 N–H and O–H groups in total. The van der Waals surface area contributed by atoms with Crippen molar-refractivity contribution in [2.24, 2.45) is 0 Å². The molecule has 0 aliphatic rings. The molecule has 0 radical (unpaired) electrons. The van der Waals surface area contributed by atoms with E-state index in [4.69, 9.17) is 0 Å². The summed E-state index contributed by atoms with van der Waals surface area (Å²) in [5.41, 5.74) is 2.58. The van der Waals surface area contributed by atoms with Crippen molar-refractivity contribution in [3.8, 4) is 0 Å². The van der Waals surface area contributed by atoms with Gasteiger partial charge in [0.05, 0.1) is 0 Å². The van der Waals surface area contributed by atoms with Gasteiger partial charge in [0, 0.05) is 26.2 Å². The highest BCUT2D eigenvalue weighted by atomic mass is 79.9. The third kappa shape index (κ3) is 4.12. The van der Waals surface area contributed by atoms with E-state index in [-0.39, 0.29) is 5.78 Å². The Morgan fingerprint density at radius 2 is 1.48 bits per heavy atom. The van der Waals surface area contributed by atoms with Crippen molar-refractivity contribution in [1.29, 1.82) is 0 Å². The molecule has 0 atom stereocenters. The van der Waals surface area contributed by atoms with Crippen LogP contribution in [0.2, 0.25) is 0 Å². The van der Waals surface area contributed by atoms with Crippen LogP contribution in [0, 0.1) is 0 Å². The fourth-order valence-electron chi connectivity index (χ4n) is 2.30. The Balaban J connectivity index is 1.80. The van der Waals surface area contributed by atoms with E-state index in [1.165, 1.54) is 4.90 Å². The molecule has 23 heavy (non-hydrogen) atoms. The number of rotatable bonds is 5. The van der Waals surface area contributed by atoms with Crippen LogP contribution in [0.25, 0.3) is 0 Å². The Labute approximate surface area is 148 Å². The minimum Gasteiger partial charge on any atom is -0.289 e. The third-order valence-corrected chi connectivity index (χ3v) is 5.10. The molecule has 0 heterocycles. The van der Waals surface area contributed by atoms with Gasteiger partial charge in [-0.1, -0.05) is 70.5 Å². The Kier molecular flexibility index (Phi) is 5.31. The first-order valence-corrected chi connectivity index (χ1v) is 9.08. The highest BCUT2D eigenvalue weighted by molar-refractivity contribution is 9.10. The minimum absolute atomic E-state index is 0.0811. The third-order valence-electron chi connectivity index (χ3n) is 3.51. The molecule has 1 nitrogen and oxygen atoms in total. The van der Waals surface area contributed by atoms with Crippen molar-refractivity contribution in [1.82, 2.24) is 0 Å². The van der Waals surface area contributed by atoms with Crippen LogP contribution in [0.5, 0.6) is 0 Å². The first-order chi connectivity index (χ1) is 11.2. The molecule has 3 aromatic rings. The number of benzene rings is 3. The zero-order valence-electron chi connectivity index (χ0n) is 12.4. The molecule has 0 saturated heterocycles. The van der Waals surface area contributed by atoms with Crippen LogP contribution < -0.4 is 0 Å². The van der Waals surface area contributed by atoms with Crippen molar-refractivity contribution in [3.05, 3.63) is 100 Å². The summed E-state index contributed by atoms with van der Waals surface area (Å²) in [6, 6.07) is 25.5. The summed E-state index contributed by atoms with van der Waals surface area (Å²) < 4.78 is 1.07. The average molecular weight is 383 g/mol. The van der Waals surface area contributed by atoms with Gasteiger partial charge in [0.25, 0.3) is 0 Å². The summed E-state index contributed by atoms with van der Waals surface area (Å²) in [7, 11) is 0. The van der Waals surface area contributed by atoms with Gasteiger partial charge < -0.3 is 0 Å². The van der Waals surface area contributed by atoms with Gasteiger partial charge in [0.1, 0.15) is 0 Å². The highest BCUT2D eigenvalue weighted by Crippen LogP contribution is 2.26. The fraction of sp³-hybridized carbons (Fsp3) is 0.0500. The summed E-state index contributed by atoms with van der Waals surface area (Å²) in [6.45, 7) is 0. The van der Waals surface area contributed by atoms with Gasteiger partial charge in [-0.15, -0.1) is 11.8 Å². The lowest BCUT2D eigenvalue weighted by Gasteiger charge is -2.09. The SMILES string of the molecule is O=C(c1ccccc1)c1ccccc1CSc1ccc(Br)cc1. The van der Waals surface area contributed by atoms with E-state index in [2.05, 4.69) is 28.1 Å². The van der Waals surface area contributed by atoms with E-state index in [1.807, 2.05) is 66.7 Å². The monoisotopic (exact) mass is 382 g/mol. The van der Waals surface area contributed by atoms with Crippen LogP contribution >= 0.6 is 27.7 Å². The molecular formula is C20H15BrOS. The maximum absolute atomic E-state index is 12.7. The zero-order chi connectivity index (χ0) is 16.1. The normalized spacial score (nSPS) is 10.5. The van der Waals surface area contributed by atoms with Crippen LogP contribution in [0.1, 0.15) is 21.5 Å². The van der Waals surface area contributed by atoms with Crippen molar-refractivity contribution in [2.45, 2.75) is 10.6 Å². The summed E-state index contributed by atoms with van der Waals surface area (Å²) in [5, 5.41) is 0. The molecule has 3 aromatic carbocycles. The highest BCUT2D eigenvalue weighted by Gasteiger charge is 2.12. The van der Waals surface area contributed by atoms with Gasteiger partial charge in [-0.25, -0.2) is 0 Å². The minimum atomic E-state index is 0.0811. The van der Waals surface area contributed by atoms with Crippen LogP contribution in [0.3, 0.4) is 0 Å². The Hall–Kier alpha value is -1.84. The topological polar surface area (TPSA) is 17.1 Å². The molecule has 3 heteroatoms. The summed E-state index contributed by atoms with van der Waals surface area (Å²) in [5.74, 6) is 0.855. The van der Waals surface area contributed by atoms with Crippen molar-refractivity contribution < 1.29 is 4.79 Å². The summed E-state index contributed by atoms with van der Waals surface area (Å²) in [4.78, 5) is 13.9. The number of ketones is 1.